The minimum absolute atomic E-state index is 0.202. The molecule has 0 unspecified atom stereocenters. The average molecular weight is 224 g/mol. The van der Waals surface area contributed by atoms with Gasteiger partial charge in [0.2, 0.25) is 0 Å². The third-order valence-electron chi connectivity index (χ3n) is 1.65. The summed E-state index contributed by atoms with van der Waals surface area (Å²) in [5.41, 5.74) is 1.30. The molecule has 0 aromatic rings. The summed E-state index contributed by atoms with van der Waals surface area (Å²) < 4.78 is 5.38. The Morgan fingerprint density at radius 3 is 2.00 bits per heavy atom. The summed E-state index contributed by atoms with van der Waals surface area (Å²) >= 11 is 0. The van der Waals surface area contributed by atoms with E-state index in [0.29, 0.717) is 0 Å². The number of ether oxygens (including phenoxy) is 1. The van der Waals surface area contributed by atoms with Gasteiger partial charge in [-0.3, -0.25) is 0 Å². The van der Waals surface area contributed by atoms with Gasteiger partial charge in [-0.05, 0) is 33.3 Å². The van der Waals surface area contributed by atoms with Crippen molar-refractivity contribution in [2.24, 2.45) is 0 Å². The van der Waals surface area contributed by atoms with Crippen molar-refractivity contribution in [3.05, 3.63) is 36.1 Å². The van der Waals surface area contributed by atoms with E-state index in [1.54, 1.807) is 0 Å². The lowest BCUT2D eigenvalue weighted by Crippen LogP contribution is -1.99. The predicted octanol–water partition coefficient (Wildman–Crippen LogP) is 5.25. The van der Waals surface area contributed by atoms with Crippen LogP contribution in [-0.4, -0.2) is 6.10 Å². The zero-order valence-electron chi connectivity index (χ0n) is 11.8. The van der Waals surface area contributed by atoms with Gasteiger partial charge in [0, 0.05) is 0 Å². The zero-order valence-corrected chi connectivity index (χ0v) is 11.8. The Bertz CT molecular complexity index is 222. The molecule has 0 radical (unpaired) electrons. The van der Waals surface area contributed by atoms with Crippen LogP contribution < -0.4 is 0 Å². The Balaban J connectivity index is 0. The van der Waals surface area contributed by atoms with Crippen LogP contribution >= 0.6 is 0 Å². The van der Waals surface area contributed by atoms with Crippen LogP contribution in [0.4, 0.5) is 0 Å². The molecule has 0 heterocycles. The summed E-state index contributed by atoms with van der Waals surface area (Å²) in [4.78, 5) is 0. The normalized spacial score (nSPS) is 11.3. The lowest BCUT2D eigenvalue weighted by molar-refractivity contribution is 0.159. The molecule has 0 aromatic heterocycles. The first-order valence-corrected chi connectivity index (χ1v) is 6.20. The number of hydrogen-bond acceptors (Lipinski definition) is 1. The van der Waals surface area contributed by atoms with Crippen molar-refractivity contribution in [1.82, 2.24) is 0 Å². The van der Waals surface area contributed by atoms with Gasteiger partial charge in [-0.25, -0.2) is 0 Å². The van der Waals surface area contributed by atoms with Crippen LogP contribution in [0.2, 0.25) is 0 Å². The molecule has 0 rings (SSSR count). The highest BCUT2D eigenvalue weighted by Gasteiger charge is 1.93. The lowest BCUT2D eigenvalue weighted by Gasteiger charge is -2.08. The maximum absolute atomic E-state index is 5.38. The standard InChI is InChI=1S/C12H20O.C3H8/c1-6-12(7-2)9-8-11(5)13-10(3)4;1-3-2/h6,8-10H,5,7H2,1-4H3;3H2,1-2H3/b9-8-,12-6-;. The molecule has 94 valence electrons. The summed E-state index contributed by atoms with van der Waals surface area (Å²) in [6.45, 7) is 16.2. The van der Waals surface area contributed by atoms with Gasteiger partial charge in [0.05, 0.1) is 6.10 Å². The minimum atomic E-state index is 0.202. The first-order valence-electron chi connectivity index (χ1n) is 6.20. The minimum Gasteiger partial charge on any atom is -0.492 e. The maximum atomic E-state index is 5.38. The van der Waals surface area contributed by atoms with E-state index in [1.807, 2.05) is 32.9 Å². The molecular formula is C15H28O. The molecule has 0 amide bonds. The second-order valence-electron chi connectivity index (χ2n) is 3.89. The highest BCUT2D eigenvalue weighted by Crippen LogP contribution is 2.06. The third-order valence-corrected chi connectivity index (χ3v) is 1.65. The van der Waals surface area contributed by atoms with Gasteiger partial charge in [0.15, 0.2) is 0 Å². The molecule has 16 heavy (non-hydrogen) atoms. The molecule has 0 atom stereocenters. The maximum Gasteiger partial charge on any atom is 0.112 e. The van der Waals surface area contributed by atoms with Crippen molar-refractivity contribution in [1.29, 1.82) is 0 Å². The summed E-state index contributed by atoms with van der Waals surface area (Å²) in [6, 6.07) is 0. The summed E-state index contributed by atoms with van der Waals surface area (Å²) in [6.07, 6.45) is 8.55. The summed E-state index contributed by atoms with van der Waals surface area (Å²) in [5.74, 6) is 0.725. The van der Waals surface area contributed by atoms with E-state index in [1.165, 1.54) is 12.0 Å². The van der Waals surface area contributed by atoms with Crippen molar-refractivity contribution in [3.63, 3.8) is 0 Å². The second-order valence-corrected chi connectivity index (χ2v) is 3.89. The Labute approximate surface area is 102 Å². The summed E-state index contributed by atoms with van der Waals surface area (Å²) in [5, 5.41) is 0. The fourth-order valence-electron chi connectivity index (χ4n) is 0.960. The van der Waals surface area contributed by atoms with Gasteiger partial charge in [-0.2, -0.15) is 0 Å². The molecule has 0 N–H and O–H groups in total. The topological polar surface area (TPSA) is 9.23 Å². The van der Waals surface area contributed by atoms with E-state index in [2.05, 4.69) is 33.4 Å². The van der Waals surface area contributed by atoms with E-state index >= 15 is 0 Å². The number of allylic oxidation sites excluding steroid dienone is 4. The molecule has 0 fully saturated rings. The molecule has 0 spiro atoms. The average Bonchev–Trinajstić information content (AvgIpc) is 2.19. The van der Waals surface area contributed by atoms with Crippen molar-refractivity contribution < 1.29 is 4.74 Å². The molecular weight excluding hydrogens is 196 g/mol. The van der Waals surface area contributed by atoms with Gasteiger partial charge in [-0.15, -0.1) is 0 Å². The Morgan fingerprint density at radius 1 is 1.19 bits per heavy atom. The Hall–Kier alpha value is -0.980. The van der Waals surface area contributed by atoms with Crippen LogP contribution in [0.15, 0.2) is 36.1 Å². The monoisotopic (exact) mass is 224 g/mol. The van der Waals surface area contributed by atoms with Crippen LogP contribution in [-0.2, 0) is 4.74 Å². The highest BCUT2D eigenvalue weighted by molar-refractivity contribution is 5.23. The number of rotatable bonds is 5. The van der Waals surface area contributed by atoms with Crippen LogP contribution in [0, 0.1) is 0 Å². The van der Waals surface area contributed by atoms with Gasteiger partial charge in [0.1, 0.15) is 5.76 Å². The van der Waals surface area contributed by atoms with Crippen LogP contribution in [0.25, 0.3) is 0 Å². The van der Waals surface area contributed by atoms with E-state index in [4.69, 9.17) is 4.74 Å². The first kappa shape index (κ1) is 17.4. The molecule has 0 aromatic carbocycles. The van der Waals surface area contributed by atoms with Gasteiger partial charge < -0.3 is 4.74 Å². The quantitative estimate of drug-likeness (QED) is 0.457. The fourth-order valence-corrected chi connectivity index (χ4v) is 0.960. The highest BCUT2D eigenvalue weighted by atomic mass is 16.5. The third kappa shape index (κ3) is 13.0. The molecule has 0 aliphatic rings. The predicted molar refractivity (Wildman–Crippen MR) is 74.5 cm³/mol. The number of hydrogen-bond donors (Lipinski definition) is 0. The van der Waals surface area contributed by atoms with Gasteiger partial charge in [-0.1, -0.05) is 51.5 Å². The Kier molecular flexibility index (Phi) is 13.2. The SMILES string of the molecule is C=C(/C=C\C(=C/C)CC)OC(C)C.CCC. The first-order chi connectivity index (χ1) is 7.51. The van der Waals surface area contributed by atoms with E-state index in [9.17, 15) is 0 Å². The van der Waals surface area contributed by atoms with Crippen molar-refractivity contribution in [3.8, 4) is 0 Å². The van der Waals surface area contributed by atoms with E-state index in [0.717, 1.165) is 12.2 Å². The molecule has 1 nitrogen and oxygen atoms in total. The largest absolute Gasteiger partial charge is 0.492 e. The smallest absolute Gasteiger partial charge is 0.112 e. The van der Waals surface area contributed by atoms with Crippen molar-refractivity contribution in [2.45, 2.75) is 60.5 Å². The lowest BCUT2D eigenvalue weighted by atomic mass is 10.2. The van der Waals surface area contributed by atoms with Crippen LogP contribution in [0.1, 0.15) is 54.4 Å². The molecule has 0 bridgehead atoms. The van der Waals surface area contributed by atoms with E-state index < -0.39 is 0 Å². The summed E-state index contributed by atoms with van der Waals surface area (Å²) in [7, 11) is 0. The molecule has 0 aliphatic carbocycles. The van der Waals surface area contributed by atoms with E-state index in [-0.39, 0.29) is 6.10 Å². The molecule has 0 saturated heterocycles. The molecule has 0 aliphatic heterocycles. The Morgan fingerprint density at radius 2 is 1.69 bits per heavy atom. The van der Waals surface area contributed by atoms with Crippen LogP contribution in [0.5, 0.6) is 0 Å². The van der Waals surface area contributed by atoms with Gasteiger partial charge in [0.25, 0.3) is 0 Å². The van der Waals surface area contributed by atoms with Crippen molar-refractivity contribution in [2.75, 3.05) is 0 Å². The van der Waals surface area contributed by atoms with Gasteiger partial charge >= 0.3 is 0 Å². The zero-order chi connectivity index (χ0) is 13.0. The second kappa shape index (κ2) is 12.1. The molecule has 0 saturated carbocycles. The molecule has 1 heteroatoms. The van der Waals surface area contributed by atoms with Crippen molar-refractivity contribution >= 4 is 0 Å². The fraction of sp³-hybridized carbons (Fsp3) is 0.600. The van der Waals surface area contributed by atoms with Crippen LogP contribution in [0.3, 0.4) is 0 Å².